The third kappa shape index (κ3) is 3.20. The third-order valence-electron chi connectivity index (χ3n) is 1.21. The first-order valence-corrected chi connectivity index (χ1v) is 4.98. The highest BCUT2D eigenvalue weighted by Gasteiger charge is 2.14. The van der Waals surface area contributed by atoms with Crippen molar-refractivity contribution in [3.8, 4) is 0 Å². The van der Waals surface area contributed by atoms with Gasteiger partial charge in [-0.2, -0.15) is 0 Å². The van der Waals surface area contributed by atoms with Gasteiger partial charge in [0.25, 0.3) is 0 Å². The lowest BCUT2D eigenvalue weighted by molar-refractivity contribution is 0.591. The normalized spacial score (nSPS) is 12.4. The van der Waals surface area contributed by atoms with Gasteiger partial charge in [0.2, 0.25) is 0 Å². The molecular weight excluding hydrogens is 148 g/mol. The van der Waals surface area contributed by atoms with Crippen LogP contribution in [0.1, 0.15) is 26.7 Å². The van der Waals surface area contributed by atoms with Gasteiger partial charge in [-0.15, -0.1) is 0 Å². The van der Waals surface area contributed by atoms with Crippen molar-refractivity contribution >= 4 is 9.84 Å². The van der Waals surface area contributed by atoms with Crippen molar-refractivity contribution in [1.82, 2.24) is 0 Å². The van der Waals surface area contributed by atoms with E-state index in [9.17, 15) is 8.42 Å². The summed E-state index contributed by atoms with van der Waals surface area (Å²) in [6.07, 6.45) is 1.20. The molecule has 0 fully saturated rings. The van der Waals surface area contributed by atoms with Crippen LogP contribution in [-0.4, -0.2) is 13.7 Å². The van der Waals surface area contributed by atoms with Crippen LogP contribution in [0, 0.1) is 12.7 Å². The van der Waals surface area contributed by atoms with E-state index in [-0.39, 0.29) is 5.25 Å². The molecule has 0 saturated heterocycles. The van der Waals surface area contributed by atoms with Crippen LogP contribution in [0.25, 0.3) is 0 Å². The molecule has 0 spiro atoms. The second-order valence-electron chi connectivity index (χ2n) is 2.45. The van der Waals surface area contributed by atoms with E-state index in [1.165, 1.54) is 5.75 Å². The fourth-order valence-electron chi connectivity index (χ4n) is 0.440. The fraction of sp³-hybridized carbons (Fsp3) is 0.714. The molecule has 60 valence electrons. The minimum Gasteiger partial charge on any atom is -0.228 e. The van der Waals surface area contributed by atoms with Crippen molar-refractivity contribution in [2.24, 2.45) is 0 Å². The number of sulfone groups is 1. The Labute approximate surface area is 63.6 Å². The Morgan fingerprint density at radius 2 is 2.00 bits per heavy atom. The van der Waals surface area contributed by atoms with Crippen LogP contribution in [0.5, 0.6) is 0 Å². The molecule has 0 aliphatic rings. The Morgan fingerprint density at radius 1 is 1.50 bits per heavy atom. The van der Waals surface area contributed by atoms with E-state index in [0.29, 0.717) is 12.8 Å². The molecule has 0 rings (SSSR count). The molecule has 0 aromatic heterocycles. The lowest BCUT2D eigenvalue weighted by Gasteiger charge is -2.04. The first-order valence-electron chi connectivity index (χ1n) is 3.37. The molecular formula is C7H14O2S. The van der Waals surface area contributed by atoms with Gasteiger partial charge in [0.05, 0.1) is 11.0 Å². The molecule has 0 N–H and O–H groups in total. The number of unbranched alkanes of at least 4 members (excludes halogenated alkanes) is 1. The zero-order chi connectivity index (χ0) is 8.20. The number of hydrogen-bond acceptors (Lipinski definition) is 2. The molecule has 0 unspecified atom stereocenters. The minimum absolute atomic E-state index is 0.293. The van der Waals surface area contributed by atoms with Crippen LogP contribution >= 0.6 is 0 Å². The monoisotopic (exact) mass is 162 g/mol. The fourth-order valence-corrected chi connectivity index (χ4v) is 1.32. The maximum atomic E-state index is 11.0. The summed E-state index contributed by atoms with van der Waals surface area (Å²) in [4.78, 5) is 0. The SMILES string of the molecule is [CH2]CC[CH]S(=O)(=O)C(C)C. The highest BCUT2D eigenvalue weighted by atomic mass is 32.2. The second kappa shape index (κ2) is 3.96. The van der Waals surface area contributed by atoms with Gasteiger partial charge >= 0.3 is 0 Å². The summed E-state index contributed by atoms with van der Waals surface area (Å²) >= 11 is 0. The first kappa shape index (κ1) is 9.95. The minimum atomic E-state index is -2.93. The van der Waals surface area contributed by atoms with Crippen LogP contribution in [0.4, 0.5) is 0 Å². The van der Waals surface area contributed by atoms with Crippen molar-refractivity contribution < 1.29 is 8.42 Å². The highest BCUT2D eigenvalue weighted by molar-refractivity contribution is 7.93. The van der Waals surface area contributed by atoms with Crippen molar-refractivity contribution in [1.29, 1.82) is 0 Å². The summed E-state index contributed by atoms with van der Waals surface area (Å²) in [7, 11) is -2.93. The van der Waals surface area contributed by atoms with Crippen molar-refractivity contribution in [2.45, 2.75) is 31.9 Å². The number of hydrogen-bond donors (Lipinski definition) is 0. The maximum absolute atomic E-state index is 11.0. The molecule has 3 heteroatoms. The van der Waals surface area contributed by atoms with E-state index in [2.05, 4.69) is 6.92 Å². The van der Waals surface area contributed by atoms with Crippen LogP contribution in [0.15, 0.2) is 0 Å². The Balaban J connectivity index is 3.90. The Hall–Kier alpha value is -0.0500. The summed E-state index contributed by atoms with van der Waals surface area (Å²) in [6, 6.07) is 0. The summed E-state index contributed by atoms with van der Waals surface area (Å²) in [5.41, 5.74) is 0. The van der Waals surface area contributed by atoms with E-state index >= 15 is 0 Å². The topological polar surface area (TPSA) is 34.1 Å². The zero-order valence-electron chi connectivity index (χ0n) is 6.50. The van der Waals surface area contributed by atoms with Gasteiger partial charge in [-0.3, -0.25) is 0 Å². The van der Waals surface area contributed by atoms with Gasteiger partial charge in [-0.05, 0) is 20.3 Å². The van der Waals surface area contributed by atoms with Gasteiger partial charge in [-0.25, -0.2) is 8.42 Å². The average Bonchev–Trinajstić information content (AvgIpc) is 1.84. The summed E-state index contributed by atoms with van der Waals surface area (Å²) in [6.45, 7) is 6.90. The molecule has 0 aliphatic carbocycles. The molecule has 0 saturated carbocycles. The second-order valence-corrected chi connectivity index (χ2v) is 4.90. The molecule has 0 aromatic carbocycles. The van der Waals surface area contributed by atoms with Crippen LogP contribution < -0.4 is 0 Å². The largest absolute Gasteiger partial charge is 0.228 e. The number of rotatable bonds is 4. The molecule has 2 radical (unpaired) electrons. The Kier molecular flexibility index (Phi) is 3.94. The van der Waals surface area contributed by atoms with Crippen molar-refractivity contribution in [3.63, 3.8) is 0 Å². The van der Waals surface area contributed by atoms with Crippen LogP contribution in [0.3, 0.4) is 0 Å². The van der Waals surface area contributed by atoms with Gasteiger partial charge in [0.1, 0.15) is 0 Å². The van der Waals surface area contributed by atoms with Gasteiger partial charge in [0.15, 0.2) is 9.84 Å². The van der Waals surface area contributed by atoms with Crippen molar-refractivity contribution in [3.05, 3.63) is 12.7 Å². The Bertz CT molecular complexity index is 168. The van der Waals surface area contributed by atoms with Crippen LogP contribution in [-0.2, 0) is 9.84 Å². The molecule has 0 aliphatic heterocycles. The Morgan fingerprint density at radius 3 is 2.30 bits per heavy atom. The van der Waals surface area contributed by atoms with E-state index in [1.54, 1.807) is 13.8 Å². The quantitative estimate of drug-likeness (QED) is 0.629. The van der Waals surface area contributed by atoms with Gasteiger partial charge < -0.3 is 0 Å². The van der Waals surface area contributed by atoms with Crippen molar-refractivity contribution in [2.75, 3.05) is 0 Å². The predicted octanol–water partition coefficient (Wildman–Crippen LogP) is 1.59. The average molecular weight is 162 g/mol. The molecule has 2 nitrogen and oxygen atoms in total. The highest BCUT2D eigenvalue weighted by Crippen LogP contribution is 2.08. The van der Waals surface area contributed by atoms with Gasteiger partial charge in [0, 0.05) is 0 Å². The molecule has 0 amide bonds. The summed E-state index contributed by atoms with van der Waals surface area (Å²) in [5.74, 6) is 1.35. The lowest BCUT2D eigenvalue weighted by atomic mass is 10.4. The molecule has 0 atom stereocenters. The van der Waals surface area contributed by atoms with E-state index in [1.807, 2.05) is 0 Å². The maximum Gasteiger partial charge on any atom is 0.156 e. The molecule has 10 heavy (non-hydrogen) atoms. The standard InChI is InChI=1S/C7H14O2S/c1-4-5-6-10(8,9)7(2)3/h6-7H,1,4-5H2,2-3H3. The summed E-state index contributed by atoms with van der Waals surface area (Å²) in [5, 5.41) is -0.293. The van der Waals surface area contributed by atoms with Gasteiger partial charge in [-0.1, -0.05) is 13.3 Å². The van der Waals surface area contributed by atoms with E-state index < -0.39 is 9.84 Å². The molecule has 0 aromatic rings. The lowest BCUT2D eigenvalue weighted by Crippen LogP contribution is -2.13. The smallest absolute Gasteiger partial charge is 0.156 e. The first-order chi connectivity index (χ1) is 4.50. The third-order valence-corrected chi connectivity index (χ3v) is 3.23. The molecule has 0 heterocycles. The van der Waals surface area contributed by atoms with Crippen LogP contribution in [0.2, 0.25) is 0 Å². The van der Waals surface area contributed by atoms with E-state index in [0.717, 1.165) is 0 Å². The van der Waals surface area contributed by atoms with E-state index in [4.69, 9.17) is 0 Å². The zero-order valence-corrected chi connectivity index (χ0v) is 7.32. The molecule has 0 bridgehead atoms. The predicted molar refractivity (Wildman–Crippen MR) is 42.9 cm³/mol. The summed E-state index contributed by atoms with van der Waals surface area (Å²) < 4.78 is 22.0.